The smallest absolute Gasteiger partial charge is 0.314 e. The van der Waals surface area contributed by atoms with Crippen LogP contribution >= 0.6 is 0 Å². The molecule has 1 fully saturated rings. The molecule has 1 aromatic carbocycles. The Hall–Kier alpha value is -3.10. The van der Waals surface area contributed by atoms with Crippen LogP contribution in [-0.4, -0.2) is 21.1 Å². The molecule has 0 N–H and O–H groups in total. The molecule has 0 unspecified atom stereocenters. The van der Waals surface area contributed by atoms with Gasteiger partial charge in [0, 0.05) is 11.6 Å². The highest BCUT2D eigenvalue weighted by atomic mass is 19.3. The van der Waals surface area contributed by atoms with Crippen molar-refractivity contribution in [3.63, 3.8) is 0 Å². The molecule has 0 saturated heterocycles. The number of rotatable bonds is 6. The van der Waals surface area contributed by atoms with Gasteiger partial charge in [0.1, 0.15) is 12.8 Å². The average molecular weight is 374 g/mol. The van der Waals surface area contributed by atoms with Crippen molar-refractivity contribution in [2.75, 3.05) is 4.90 Å². The molecule has 1 saturated carbocycles. The fourth-order valence-corrected chi connectivity index (χ4v) is 2.69. The van der Waals surface area contributed by atoms with Crippen molar-refractivity contribution in [2.24, 2.45) is 5.92 Å². The number of hydrogen-bond donors (Lipinski definition) is 0. The monoisotopic (exact) mass is 374 g/mol. The van der Waals surface area contributed by atoms with Crippen LogP contribution in [0, 0.1) is 12.8 Å². The summed E-state index contributed by atoms with van der Waals surface area (Å²) in [5.74, 6) is -0.657. The molecule has 0 atom stereocenters. The number of anilines is 1. The quantitative estimate of drug-likeness (QED) is 0.650. The number of aromatic nitrogens is 3. The highest BCUT2D eigenvalue weighted by molar-refractivity contribution is 5.96. The van der Waals surface area contributed by atoms with Crippen LogP contribution < -0.4 is 4.90 Å². The number of hydrogen-bond acceptors (Lipinski definition) is 6. The lowest BCUT2D eigenvalue weighted by atomic mass is 10.2. The minimum Gasteiger partial charge on any atom is -0.446 e. The van der Waals surface area contributed by atoms with Gasteiger partial charge in [-0.3, -0.25) is 4.79 Å². The SMILES string of the molecule is Cc1cccc(N(Cc2nc(-c3nnc(C(F)F)o3)co2)C(=O)C2CC2)c1. The van der Waals surface area contributed by atoms with Gasteiger partial charge in [-0.25, -0.2) is 4.98 Å². The fourth-order valence-electron chi connectivity index (χ4n) is 2.69. The Morgan fingerprint density at radius 3 is 2.81 bits per heavy atom. The van der Waals surface area contributed by atoms with E-state index in [2.05, 4.69) is 15.2 Å². The first kappa shape index (κ1) is 17.3. The molecule has 7 nitrogen and oxygen atoms in total. The Morgan fingerprint density at radius 1 is 1.33 bits per heavy atom. The minimum atomic E-state index is -2.86. The Morgan fingerprint density at radius 2 is 2.15 bits per heavy atom. The molecule has 27 heavy (non-hydrogen) atoms. The number of benzene rings is 1. The summed E-state index contributed by atoms with van der Waals surface area (Å²) in [6.07, 6.45) is 0.131. The fraction of sp³-hybridized carbons (Fsp3) is 0.333. The summed E-state index contributed by atoms with van der Waals surface area (Å²) < 4.78 is 35.4. The number of aryl methyl sites for hydroxylation is 1. The van der Waals surface area contributed by atoms with E-state index in [0.29, 0.717) is 0 Å². The molecule has 9 heteroatoms. The highest BCUT2D eigenvalue weighted by Crippen LogP contribution is 2.34. The molecule has 140 valence electrons. The van der Waals surface area contributed by atoms with E-state index in [1.165, 1.54) is 6.26 Å². The molecule has 0 radical (unpaired) electrons. The van der Waals surface area contributed by atoms with Crippen LogP contribution in [0.5, 0.6) is 0 Å². The van der Waals surface area contributed by atoms with Gasteiger partial charge in [-0.05, 0) is 37.5 Å². The van der Waals surface area contributed by atoms with Crippen molar-refractivity contribution < 1.29 is 22.4 Å². The molecule has 1 amide bonds. The van der Waals surface area contributed by atoms with E-state index >= 15 is 0 Å². The number of halogens is 2. The first-order chi connectivity index (χ1) is 13.0. The zero-order chi connectivity index (χ0) is 19.0. The van der Waals surface area contributed by atoms with Crippen molar-refractivity contribution in [3.8, 4) is 11.6 Å². The Kier molecular flexibility index (Phi) is 4.43. The number of carbonyl (C=O) groups is 1. The van der Waals surface area contributed by atoms with Gasteiger partial charge >= 0.3 is 6.43 Å². The summed E-state index contributed by atoms with van der Waals surface area (Å²) >= 11 is 0. The third kappa shape index (κ3) is 3.71. The molecular weight excluding hydrogens is 358 g/mol. The summed E-state index contributed by atoms with van der Waals surface area (Å²) in [7, 11) is 0. The number of oxazole rings is 1. The zero-order valence-electron chi connectivity index (χ0n) is 14.4. The van der Waals surface area contributed by atoms with Gasteiger partial charge in [0.2, 0.25) is 11.8 Å². The zero-order valence-corrected chi connectivity index (χ0v) is 14.4. The minimum absolute atomic E-state index is 0.0122. The van der Waals surface area contributed by atoms with Crippen molar-refractivity contribution in [1.82, 2.24) is 15.2 Å². The molecule has 1 aliphatic carbocycles. The standard InChI is InChI=1S/C18H16F2N4O3/c1-10-3-2-4-12(7-10)24(18(25)11-5-6-11)8-14-21-13(9-26-14)16-22-23-17(27-16)15(19)20/h2-4,7,9,11,15H,5-6,8H2,1H3. The lowest BCUT2D eigenvalue weighted by Crippen LogP contribution is -2.31. The second kappa shape index (κ2) is 6.90. The van der Waals surface area contributed by atoms with Gasteiger partial charge in [-0.1, -0.05) is 12.1 Å². The maximum atomic E-state index is 12.7. The van der Waals surface area contributed by atoms with E-state index in [9.17, 15) is 13.6 Å². The summed E-state index contributed by atoms with van der Waals surface area (Å²) in [4.78, 5) is 18.5. The Bertz CT molecular complexity index is 965. The summed E-state index contributed by atoms with van der Waals surface area (Å²) in [6, 6.07) is 7.59. The molecule has 4 rings (SSSR count). The van der Waals surface area contributed by atoms with Gasteiger partial charge in [0.15, 0.2) is 5.69 Å². The van der Waals surface area contributed by atoms with E-state index in [1.807, 2.05) is 31.2 Å². The van der Waals surface area contributed by atoms with Gasteiger partial charge in [-0.15, -0.1) is 10.2 Å². The Labute approximate surface area is 153 Å². The number of carbonyl (C=O) groups excluding carboxylic acids is 1. The highest BCUT2D eigenvalue weighted by Gasteiger charge is 2.35. The van der Waals surface area contributed by atoms with Crippen LogP contribution in [0.2, 0.25) is 0 Å². The average Bonchev–Trinajstić information content (AvgIpc) is 3.18. The second-order valence-electron chi connectivity index (χ2n) is 6.41. The third-order valence-corrected chi connectivity index (χ3v) is 4.20. The predicted molar refractivity (Wildman–Crippen MR) is 89.8 cm³/mol. The largest absolute Gasteiger partial charge is 0.446 e. The molecule has 2 heterocycles. The molecular formula is C18H16F2N4O3. The topological polar surface area (TPSA) is 85.3 Å². The summed E-state index contributed by atoms with van der Waals surface area (Å²) in [5.41, 5.74) is 1.93. The van der Waals surface area contributed by atoms with Gasteiger partial charge in [-0.2, -0.15) is 8.78 Å². The summed E-state index contributed by atoms with van der Waals surface area (Å²) in [6.45, 7) is 2.07. The van der Waals surface area contributed by atoms with Crippen molar-refractivity contribution in [2.45, 2.75) is 32.7 Å². The third-order valence-electron chi connectivity index (χ3n) is 4.20. The number of nitrogens with zero attached hydrogens (tertiary/aromatic N) is 4. The summed E-state index contributed by atoms with van der Waals surface area (Å²) in [5, 5.41) is 6.81. The normalized spacial score (nSPS) is 13.9. The van der Waals surface area contributed by atoms with E-state index in [-0.39, 0.29) is 35.8 Å². The maximum absolute atomic E-state index is 12.7. The van der Waals surface area contributed by atoms with Crippen molar-refractivity contribution >= 4 is 11.6 Å². The molecule has 3 aromatic rings. The van der Waals surface area contributed by atoms with Gasteiger partial charge in [0.05, 0.1) is 0 Å². The van der Waals surface area contributed by atoms with Crippen LogP contribution in [0.1, 0.15) is 36.6 Å². The van der Waals surface area contributed by atoms with Crippen molar-refractivity contribution in [1.29, 1.82) is 0 Å². The van der Waals surface area contributed by atoms with Crippen LogP contribution in [0.15, 0.2) is 39.4 Å². The molecule has 0 spiro atoms. The first-order valence-electron chi connectivity index (χ1n) is 8.45. The van der Waals surface area contributed by atoms with E-state index in [0.717, 1.165) is 24.1 Å². The number of amides is 1. The first-order valence-corrected chi connectivity index (χ1v) is 8.45. The van der Waals surface area contributed by atoms with E-state index < -0.39 is 12.3 Å². The van der Waals surface area contributed by atoms with Crippen LogP contribution in [0.4, 0.5) is 14.5 Å². The van der Waals surface area contributed by atoms with Gasteiger partial charge in [0.25, 0.3) is 11.8 Å². The molecule has 2 aromatic heterocycles. The number of alkyl halides is 2. The van der Waals surface area contributed by atoms with Crippen LogP contribution in [0.25, 0.3) is 11.6 Å². The van der Waals surface area contributed by atoms with E-state index in [4.69, 9.17) is 8.83 Å². The molecule has 0 aliphatic heterocycles. The lowest BCUT2D eigenvalue weighted by Gasteiger charge is -2.21. The molecule has 1 aliphatic rings. The van der Waals surface area contributed by atoms with Crippen LogP contribution in [0.3, 0.4) is 0 Å². The van der Waals surface area contributed by atoms with Crippen LogP contribution in [-0.2, 0) is 11.3 Å². The Balaban J connectivity index is 1.58. The van der Waals surface area contributed by atoms with E-state index in [1.54, 1.807) is 4.90 Å². The maximum Gasteiger partial charge on any atom is 0.314 e. The lowest BCUT2D eigenvalue weighted by molar-refractivity contribution is -0.120. The second-order valence-corrected chi connectivity index (χ2v) is 6.41. The van der Waals surface area contributed by atoms with Gasteiger partial charge < -0.3 is 13.7 Å². The van der Waals surface area contributed by atoms with Crippen molar-refractivity contribution in [3.05, 3.63) is 47.9 Å². The molecule has 0 bridgehead atoms. The predicted octanol–water partition coefficient (Wildman–Crippen LogP) is 3.91.